The standard InChI is InChI=1S/C14H20/c1-5-8-6-14(8)11-10-9(7(2)3)13(10,4)12(11)14/h5,7-12H,1,6H2,2-4H3. The van der Waals surface area contributed by atoms with E-state index in [0.29, 0.717) is 0 Å². The summed E-state index contributed by atoms with van der Waals surface area (Å²) in [4.78, 5) is 0. The molecule has 4 saturated carbocycles. The van der Waals surface area contributed by atoms with Gasteiger partial charge in [0.15, 0.2) is 0 Å². The highest BCUT2D eigenvalue weighted by Crippen LogP contribution is 3.02. The Hall–Kier alpha value is -0.260. The molecule has 7 unspecified atom stereocenters. The molecule has 7 atom stereocenters. The van der Waals surface area contributed by atoms with Gasteiger partial charge in [0, 0.05) is 0 Å². The van der Waals surface area contributed by atoms with Crippen LogP contribution in [0.1, 0.15) is 27.2 Å². The number of allylic oxidation sites excluding steroid dienone is 1. The molecule has 1 spiro atoms. The van der Waals surface area contributed by atoms with E-state index in [-0.39, 0.29) is 0 Å². The first kappa shape index (κ1) is 7.96. The monoisotopic (exact) mass is 188 g/mol. The second kappa shape index (κ2) is 1.74. The maximum absolute atomic E-state index is 3.97. The van der Waals surface area contributed by atoms with Gasteiger partial charge in [-0.05, 0) is 52.8 Å². The Morgan fingerprint density at radius 1 is 1.36 bits per heavy atom. The minimum atomic E-state index is 0.788. The van der Waals surface area contributed by atoms with Gasteiger partial charge in [0.1, 0.15) is 0 Å². The van der Waals surface area contributed by atoms with Crippen molar-refractivity contribution in [1.82, 2.24) is 0 Å². The molecule has 0 heteroatoms. The molecule has 0 radical (unpaired) electrons. The lowest BCUT2D eigenvalue weighted by Crippen LogP contribution is -2.14. The Balaban J connectivity index is 1.60. The third kappa shape index (κ3) is 0.487. The minimum absolute atomic E-state index is 0.788. The first-order valence-corrected chi connectivity index (χ1v) is 6.22. The Kier molecular flexibility index (Phi) is 0.991. The van der Waals surface area contributed by atoms with Crippen molar-refractivity contribution in [2.75, 3.05) is 0 Å². The lowest BCUT2D eigenvalue weighted by molar-refractivity contribution is 0.283. The van der Waals surface area contributed by atoms with Gasteiger partial charge < -0.3 is 0 Å². The highest BCUT2D eigenvalue weighted by atomic mass is 15.0. The molecular weight excluding hydrogens is 168 g/mol. The highest BCUT2D eigenvalue weighted by molar-refractivity contribution is 5.46. The number of rotatable bonds is 2. The fourth-order valence-corrected chi connectivity index (χ4v) is 6.00. The molecule has 0 nitrogen and oxygen atoms in total. The molecule has 0 N–H and O–H groups in total. The summed E-state index contributed by atoms with van der Waals surface area (Å²) in [6, 6.07) is 0. The van der Waals surface area contributed by atoms with Gasteiger partial charge in [-0.15, -0.1) is 6.58 Å². The lowest BCUT2D eigenvalue weighted by Gasteiger charge is -2.18. The summed E-state index contributed by atoms with van der Waals surface area (Å²) >= 11 is 0. The summed E-state index contributed by atoms with van der Waals surface area (Å²) in [5, 5.41) is 0. The first-order valence-electron chi connectivity index (χ1n) is 6.22. The van der Waals surface area contributed by atoms with Gasteiger partial charge in [0.05, 0.1) is 0 Å². The third-order valence-corrected chi connectivity index (χ3v) is 6.33. The molecule has 0 aromatic rings. The fourth-order valence-electron chi connectivity index (χ4n) is 6.00. The quantitative estimate of drug-likeness (QED) is 0.583. The number of fused-ring (bicyclic) bond motifs is 6. The van der Waals surface area contributed by atoms with Crippen LogP contribution in [0, 0.1) is 46.3 Å². The van der Waals surface area contributed by atoms with E-state index in [0.717, 1.165) is 46.3 Å². The highest BCUT2D eigenvalue weighted by Gasteiger charge is 2.98. The summed E-state index contributed by atoms with van der Waals surface area (Å²) in [5.74, 6) is 6.30. The molecule has 0 amide bonds. The molecule has 0 saturated heterocycles. The normalized spacial score (nSPS) is 71.0. The number of hydrogen-bond acceptors (Lipinski definition) is 0. The van der Waals surface area contributed by atoms with E-state index in [1.165, 1.54) is 6.42 Å². The van der Waals surface area contributed by atoms with Crippen molar-refractivity contribution < 1.29 is 0 Å². The number of hydrogen-bond donors (Lipinski definition) is 0. The Labute approximate surface area is 86.8 Å². The molecule has 4 rings (SSSR count). The Morgan fingerprint density at radius 3 is 2.43 bits per heavy atom. The van der Waals surface area contributed by atoms with E-state index < -0.39 is 0 Å². The van der Waals surface area contributed by atoms with Crippen LogP contribution in [0.5, 0.6) is 0 Å². The van der Waals surface area contributed by atoms with Crippen LogP contribution >= 0.6 is 0 Å². The van der Waals surface area contributed by atoms with Crippen molar-refractivity contribution in [2.45, 2.75) is 27.2 Å². The van der Waals surface area contributed by atoms with Crippen molar-refractivity contribution in [3.8, 4) is 0 Å². The van der Waals surface area contributed by atoms with Crippen LogP contribution in [0.3, 0.4) is 0 Å². The van der Waals surface area contributed by atoms with E-state index in [4.69, 9.17) is 0 Å². The first-order chi connectivity index (χ1) is 6.60. The average Bonchev–Trinajstić information content (AvgIpc) is 3.01. The van der Waals surface area contributed by atoms with Crippen molar-refractivity contribution in [1.29, 1.82) is 0 Å². The predicted molar refractivity (Wildman–Crippen MR) is 57.6 cm³/mol. The van der Waals surface area contributed by atoms with Gasteiger partial charge in [0.2, 0.25) is 0 Å². The molecule has 76 valence electrons. The molecule has 0 aromatic carbocycles. The van der Waals surface area contributed by atoms with E-state index >= 15 is 0 Å². The molecule has 0 heterocycles. The SMILES string of the molecule is C=CC1CC12C1C3C(C(C)C)C3(C)C12. The zero-order chi connectivity index (χ0) is 9.88. The molecule has 4 aliphatic carbocycles. The predicted octanol–water partition coefficient (Wildman–Crippen LogP) is 3.35. The molecule has 0 aromatic heterocycles. The molecule has 4 aliphatic rings. The summed E-state index contributed by atoms with van der Waals surface area (Å²) in [7, 11) is 0. The molecular formula is C14H20. The molecule has 0 aliphatic heterocycles. The summed E-state index contributed by atoms with van der Waals surface area (Å²) in [6.45, 7) is 11.4. The van der Waals surface area contributed by atoms with Gasteiger partial charge in [-0.1, -0.05) is 26.8 Å². The van der Waals surface area contributed by atoms with Crippen LogP contribution in [-0.2, 0) is 0 Å². The van der Waals surface area contributed by atoms with Crippen LogP contribution in [0.15, 0.2) is 12.7 Å². The van der Waals surface area contributed by atoms with Crippen LogP contribution in [0.4, 0.5) is 0 Å². The van der Waals surface area contributed by atoms with Gasteiger partial charge in [0.25, 0.3) is 0 Å². The van der Waals surface area contributed by atoms with Gasteiger partial charge in [-0.3, -0.25) is 0 Å². The van der Waals surface area contributed by atoms with Gasteiger partial charge >= 0.3 is 0 Å². The van der Waals surface area contributed by atoms with Crippen LogP contribution < -0.4 is 0 Å². The Bertz CT molecular complexity index is 342. The molecule has 0 bridgehead atoms. The zero-order valence-electron chi connectivity index (χ0n) is 9.46. The maximum atomic E-state index is 3.97. The Morgan fingerprint density at radius 2 is 2.07 bits per heavy atom. The van der Waals surface area contributed by atoms with Crippen molar-refractivity contribution in [3.05, 3.63) is 12.7 Å². The summed E-state index contributed by atoms with van der Waals surface area (Å²) in [5.41, 5.74) is 1.61. The fraction of sp³-hybridized carbons (Fsp3) is 0.857. The van der Waals surface area contributed by atoms with E-state index in [1.807, 2.05) is 0 Å². The van der Waals surface area contributed by atoms with Crippen molar-refractivity contribution in [3.63, 3.8) is 0 Å². The average molecular weight is 188 g/mol. The summed E-state index contributed by atoms with van der Waals surface area (Å²) < 4.78 is 0. The van der Waals surface area contributed by atoms with Gasteiger partial charge in [-0.25, -0.2) is 0 Å². The van der Waals surface area contributed by atoms with E-state index in [1.54, 1.807) is 0 Å². The van der Waals surface area contributed by atoms with Crippen LogP contribution in [0.2, 0.25) is 0 Å². The minimum Gasteiger partial charge on any atom is -0.103 e. The zero-order valence-corrected chi connectivity index (χ0v) is 9.46. The van der Waals surface area contributed by atoms with Crippen molar-refractivity contribution in [2.24, 2.45) is 46.3 Å². The summed E-state index contributed by atoms with van der Waals surface area (Å²) in [6.07, 6.45) is 3.72. The largest absolute Gasteiger partial charge is 0.103 e. The molecule has 4 fully saturated rings. The van der Waals surface area contributed by atoms with Crippen molar-refractivity contribution >= 4 is 0 Å². The maximum Gasteiger partial charge on any atom is -0.0158 e. The van der Waals surface area contributed by atoms with Gasteiger partial charge in [-0.2, -0.15) is 0 Å². The van der Waals surface area contributed by atoms with E-state index in [9.17, 15) is 0 Å². The second-order valence-electron chi connectivity index (χ2n) is 6.82. The topological polar surface area (TPSA) is 0 Å². The smallest absolute Gasteiger partial charge is 0.0158 e. The van der Waals surface area contributed by atoms with Crippen LogP contribution in [-0.4, -0.2) is 0 Å². The third-order valence-electron chi connectivity index (χ3n) is 6.33. The lowest BCUT2D eigenvalue weighted by atomic mass is 9.85. The van der Waals surface area contributed by atoms with Crippen LogP contribution in [0.25, 0.3) is 0 Å². The molecule has 14 heavy (non-hydrogen) atoms. The second-order valence-corrected chi connectivity index (χ2v) is 6.82. The van der Waals surface area contributed by atoms with E-state index in [2.05, 4.69) is 33.4 Å².